The van der Waals surface area contributed by atoms with Crippen molar-refractivity contribution in [1.82, 2.24) is 15.0 Å². The van der Waals surface area contributed by atoms with Crippen molar-refractivity contribution in [2.75, 3.05) is 0 Å². The standard InChI is InChI=1S/C11H3Cl8N3/c12-4-2-1-3-5(13)6(4)7-20-8(10(14,15)16)22-9(21-7)11(17,18)19/h1-3H. The Kier molecular flexibility index (Phi) is 5.85. The lowest BCUT2D eigenvalue weighted by molar-refractivity contribution is 0.851. The molecule has 0 aliphatic heterocycles. The topological polar surface area (TPSA) is 38.7 Å². The predicted octanol–water partition coefficient (Wildman–Crippen LogP) is 6.50. The second kappa shape index (κ2) is 6.81. The van der Waals surface area contributed by atoms with Crippen LogP contribution in [0.3, 0.4) is 0 Å². The first-order chi connectivity index (χ1) is 10.00. The summed E-state index contributed by atoms with van der Waals surface area (Å²) in [5.41, 5.74) is 0.305. The zero-order valence-electron chi connectivity index (χ0n) is 10.1. The van der Waals surface area contributed by atoms with Crippen LogP contribution in [0, 0.1) is 0 Å². The van der Waals surface area contributed by atoms with Gasteiger partial charge in [0, 0.05) is 0 Å². The fourth-order valence-corrected chi connectivity index (χ4v) is 2.53. The van der Waals surface area contributed by atoms with Crippen molar-refractivity contribution in [1.29, 1.82) is 0 Å². The number of rotatable bonds is 1. The molecule has 1 heterocycles. The molecule has 0 fully saturated rings. The Bertz CT molecular complexity index is 655. The molecular weight excluding hydrogens is 458 g/mol. The second-order valence-corrected chi connectivity index (χ2v) is 9.28. The lowest BCUT2D eigenvalue weighted by Crippen LogP contribution is -2.17. The number of halogens is 8. The van der Waals surface area contributed by atoms with Gasteiger partial charge < -0.3 is 0 Å². The monoisotopic (exact) mass is 457 g/mol. The van der Waals surface area contributed by atoms with E-state index in [1.807, 2.05) is 0 Å². The molecule has 118 valence electrons. The smallest absolute Gasteiger partial charge is 0.209 e. The van der Waals surface area contributed by atoms with Gasteiger partial charge in [0.05, 0.1) is 15.6 Å². The van der Waals surface area contributed by atoms with Crippen molar-refractivity contribution in [3.8, 4) is 11.4 Å². The van der Waals surface area contributed by atoms with Gasteiger partial charge in [0.2, 0.25) is 7.59 Å². The average molecular weight is 461 g/mol. The van der Waals surface area contributed by atoms with Crippen LogP contribution in [-0.2, 0) is 7.59 Å². The van der Waals surface area contributed by atoms with Gasteiger partial charge in [-0.15, -0.1) is 0 Å². The van der Waals surface area contributed by atoms with Crippen LogP contribution in [0.2, 0.25) is 10.0 Å². The first-order valence-corrected chi connectivity index (χ1v) is 8.37. The molecule has 0 spiro atoms. The Labute approximate surface area is 165 Å². The molecule has 0 atom stereocenters. The maximum Gasteiger partial charge on any atom is 0.250 e. The highest BCUT2D eigenvalue weighted by atomic mass is 35.6. The first kappa shape index (κ1) is 18.9. The number of hydrogen-bond donors (Lipinski definition) is 0. The van der Waals surface area contributed by atoms with E-state index in [2.05, 4.69) is 15.0 Å². The number of nitrogens with zero attached hydrogens (tertiary/aromatic N) is 3. The largest absolute Gasteiger partial charge is 0.250 e. The molecule has 0 radical (unpaired) electrons. The zero-order chi connectivity index (χ0) is 16.7. The van der Waals surface area contributed by atoms with Crippen LogP contribution in [0.15, 0.2) is 18.2 Å². The minimum Gasteiger partial charge on any atom is -0.209 e. The van der Waals surface area contributed by atoms with Crippen molar-refractivity contribution in [2.24, 2.45) is 0 Å². The van der Waals surface area contributed by atoms with Crippen LogP contribution in [0.4, 0.5) is 0 Å². The highest BCUT2D eigenvalue weighted by molar-refractivity contribution is 6.67. The molecule has 2 rings (SSSR count). The molecule has 2 aromatic rings. The van der Waals surface area contributed by atoms with Gasteiger partial charge in [-0.2, -0.15) is 0 Å². The molecule has 0 saturated carbocycles. The Hall–Kier alpha value is 0.550. The molecule has 0 amide bonds. The SMILES string of the molecule is Clc1cccc(Cl)c1-c1nc(C(Cl)(Cl)Cl)nc(C(Cl)(Cl)Cl)n1. The van der Waals surface area contributed by atoms with Crippen LogP contribution in [0.1, 0.15) is 11.6 Å². The fraction of sp³-hybridized carbons (Fsp3) is 0.182. The van der Waals surface area contributed by atoms with Gasteiger partial charge in [0.25, 0.3) is 0 Å². The minimum atomic E-state index is -1.95. The van der Waals surface area contributed by atoms with Gasteiger partial charge in [-0.25, -0.2) is 15.0 Å². The lowest BCUT2D eigenvalue weighted by atomic mass is 10.2. The number of alkyl halides is 6. The number of benzene rings is 1. The minimum absolute atomic E-state index is 0.0215. The van der Waals surface area contributed by atoms with Gasteiger partial charge >= 0.3 is 0 Å². The highest BCUT2D eigenvalue weighted by Crippen LogP contribution is 2.42. The molecule has 1 aromatic heterocycles. The molecule has 11 heteroatoms. The van der Waals surface area contributed by atoms with Gasteiger partial charge in [-0.05, 0) is 12.1 Å². The van der Waals surface area contributed by atoms with Crippen molar-refractivity contribution in [3.05, 3.63) is 39.9 Å². The van der Waals surface area contributed by atoms with Crippen molar-refractivity contribution < 1.29 is 0 Å². The van der Waals surface area contributed by atoms with Gasteiger partial charge in [-0.3, -0.25) is 0 Å². The summed E-state index contributed by atoms with van der Waals surface area (Å²) in [5.74, 6) is -0.423. The Morgan fingerprint density at radius 1 is 0.682 bits per heavy atom. The van der Waals surface area contributed by atoms with E-state index in [-0.39, 0.29) is 27.5 Å². The summed E-state index contributed by atoms with van der Waals surface area (Å²) in [6.45, 7) is 0. The molecule has 0 unspecified atom stereocenters. The second-order valence-electron chi connectivity index (χ2n) is 3.90. The van der Waals surface area contributed by atoms with E-state index in [1.165, 1.54) is 0 Å². The maximum absolute atomic E-state index is 6.11. The summed E-state index contributed by atoms with van der Waals surface area (Å²) in [7, 11) is 0. The zero-order valence-corrected chi connectivity index (χ0v) is 16.1. The van der Waals surface area contributed by atoms with E-state index in [4.69, 9.17) is 92.8 Å². The van der Waals surface area contributed by atoms with Gasteiger partial charge in [0.15, 0.2) is 17.5 Å². The predicted molar refractivity (Wildman–Crippen MR) is 93.8 cm³/mol. The summed E-state index contributed by atoms with van der Waals surface area (Å²) < 4.78 is -3.90. The third-order valence-electron chi connectivity index (χ3n) is 2.33. The van der Waals surface area contributed by atoms with Crippen LogP contribution in [0.5, 0.6) is 0 Å². The molecule has 3 nitrogen and oxygen atoms in total. The van der Waals surface area contributed by atoms with Crippen LogP contribution < -0.4 is 0 Å². The number of aromatic nitrogens is 3. The molecular formula is C11H3Cl8N3. The summed E-state index contributed by atoms with van der Waals surface area (Å²) in [4.78, 5) is 12.0. The third-order valence-corrected chi connectivity index (χ3v) is 3.97. The molecule has 0 aliphatic rings. The van der Waals surface area contributed by atoms with E-state index < -0.39 is 7.59 Å². The van der Waals surface area contributed by atoms with E-state index in [1.54, 1.807) is 18.2 Å². The van der Waals surface area contributed by atoms with Crippen molar-refractivity contribution in [3.63, 3.8) is 0 Å². The third kappa shape index (κ3) is 4.34. The quantitative estimate of drug-likeness (QED) is 0.456. The summed E-state index contributed by atoms with van der Waals surface area (Å²) in [6.07, 6.45) is 0. The summed E-state index contributed by atoms with van der Waals surface area (Å²) in [6, 6.07) is 4.84. The van der Waals surface area contributed by atoms with Crippen LogP contribution in [0.25, 0.3) is 11.4 Å². The van der Waals surface area contributed by atoms with Crippen molar-refractivity contribution >= 4 is 92.8 Å². The number of hydrogen-bond acceptors (Lipinski definition) is 3. The Balaban J connectivity index is 2.76. The van der Waals surface area contributed by atoms with Gasteiger partial charge in [-0.1, -0.05) is 98.9 Å². The molecule has 0 saturated heterocycles. The molecule has 0 aliphatic carbocycles. The fourth-order valence-electron chi connectivity index (χ4n) is 1.45. The molecule has 22 heavy (non-hydrogen) atoms. The average Bonchev–Trinajstić information content (AvgIpc) is 2.36. The van der Waals surface area contributed by atoms with Gasteiger partial charge in [0.1, 0.15) is 0 Å². The van der Waals surface area contributed by atoms with E-state index >= 15 is 0 Å². The first-order valence-electron chi connectivity index (χ1n) is 5.35. The van der Waals surface area contributed by atoms with E-state index in [0.29, 0.717) is 5.56 Å². The maximum atomic E-state index is 6.11. The normalized spacial score (nSPS) is 12.5. The Morgan fingerprint density at radius 2 is 1.09 bits per heavy atom. The summed E-state index contributed by atoms with van der Waals surface area (Å²) >= 11 is 47.0. The molecule has 0 N–H and O–H groups in total. The van der Waals surface area contributed by atoms with Crippen LogP contribution in [-0.4, -0.2) is 15.0 Å². The molecule has 1 aromatic carbocycles. The van der Waals surface area contributed by atoms with E-state index in [9.17, 15) is 0 Å². The van der Waals surface area contributed by atoms with Crippen molar-refractivity contribution in [2.45, 2.75) is 7.59 Å². The highest BCUT2D eigenvalue weighted by Gasteiger charge is 2.34. The summed E-state index contributed by atoms with van der Waals surface area (Å²) in [5, 5.41) is 0.563. The molecule has 0 bridgehead atoms. The Morgan fingerprint density at radius 3 is 1.45 bits per heavy atom. The van der Waals surface area contributed by atoms with E-state index in [0.717, 1.165) is 0 Å². The lowest BCUT2D eigenvalue weighted by Gasteiger charge is -2.16. The van der Waals surface area contributed by atoms with Crippen LogP contribution >= 0.6 is 92.8 Å².